The molecule has 2 N–H and O–H groups in total. The van der Waals surface area contributed by atoms with Crippen LogP contribution in [0.5, 0.6) is 5.75 Å². The van der Waals surface area contributed by atoms with Gasteiger partial charge in [0, 0.05) is 30.2 Å². The van der Waals surface area contributed by atoms with Gasteiger partial charge in [-0.05, 0) is 24.1 Å². The van der Waals surface area contributed by atoms with Crippen molar-refractivity contribution in [2.45, 2.75) is 12.6 Å². The third-order valence-corrected chi connectivity index (χ3v) is 3.25. The molecule has 0 aliphatic rings. The Kier molecular flexibility index (Phi) is 4.57. The number of alkyl halides is 3. The van der Waals surface area contributed by atoms with Crippen LogP contribution >= 0.6 is 0 Å². The molecule has 6 heteroatoms. The van der Waals surface area contributed by atoms with Gasteiger partial charge in [0.25, 0.3) is 0 Å². The van der Waals surface area contributed by atoms with Gasteiger partial charge in [-0.3, -0.25) is 4.90 Å². The van der Waals surface area contributed by atoms with E-state index in [1.807, 2.05) is 6.07 Å². The molecule has 2 rings (SSSR count). The van der Waals surface area contributed by atoms with E-state index in [0.717, 1.165) is 11.1 Å². The van der Waals surface area contributed by atoms with Crippen LogP contribution in [0.3, 0.4) is 0 Å². The molecule has 0 saturated carbocycles. The summed E-state index contributed by atoms with van der Waals surface area (Å²) < 4.78 is 37.5. The summed E-state index contributed by atoms with van der Waals surface area (Å²) in [5.41, 5.74) is 1.58. The molecule has 0 aliphatic heterocycles. The number of nitrogens with one attached hydrogen (secondary N) is 1. The second-order valence-electron chi connectivity index (χ2n) is 4.90. The molecule has 0 fully saturated rings. The Hall–Kier alpha value is -1.95. The van der Waals surface area contributed by atoms with Crippen molar-refractivity contribution in [1.82, 2.24) is 9.88 Å². The van der Waals surface area contributed by atoms with Crippen molar-refractivity contribution in [3.63, 3.8) is 0 Å². The zero-order chi connectivity index (χ0) is 15.5. The molecule has 0 radical (unpaired) electrons. The van der Waals surface area contributed by atoms with Gasteiger partial charge in [-0.2, -0.15) is 13.2 Å². The highest BCUT2D eigenvalue weighted by Gasteiger charge is 2.30. The van der Waals surface area contributed by atoms with Crippen LogP contribution in [-0.4, -0.2) is 40.8 Å². The van der Waals surface area contributed by atoms with Crippen molar-refractivity contribution in [3.8, 4) is 5.75 Å². The summed E-state index contributed by atoms with van der Waals surface area (Å²) in [5.74, 6) is 0.134. The molecular weight excluding hydrogens is 281 g/mol. The highest BCUT2D eigenvalue weighted by Crippen LogP contribution is 2.28. The Morgan fingerprint density at radius 1 is 1.33 bits per heavy atom. The summed E-state index contributed by atoms with van der Waals surface area (Å²) in [7, 11) is 0. The number of hydrogen-bond acceptors (Lipinski definition) is 2. The molecule has 0 aliphatic carbocycles. The Labute approximate surface area is 120 Å². The van der Waals surface area contributed by atoms with Gasteiger partial charge in [0.1, 0.15) is 5.75 Å². The van der Waals surface area contributed by atoms with Crippen LogP contribution in [0.4, 0.5) is 13.2 Å². The van der Waals surface area contributed by atoms with Gasteiger partial charge < -0.3 is 10.1 Å². The summed E-state index contributed by atoms with van der Waals surface area (Å²) in [6.45, 7) is 2.94. The quantitative estimate of drug-likeness (QED) is 0.802. The van der Waals surface area contributed by atoms with Gasteiger partial charge >= 0.3 is 6.18 Å². The molecule has 0 spiro atoms. The zero-order valence-corrected chi connectivity index (χ0v) is 11.5. The smallest absolute Gasteiger partial charge is 0.401 e. The molecular formula is C15H17F3N2O. The number of fused-ring (bicyclic) bond motifs is 1. The summed E-state index contributed by atoms with van der Waals surface area (Å²) in [6.07, 6.45) is -0.630. The predicted molar refractivity (Wildman–Crippen MR) is 76.4 cm³/mol. The Morgan fingerprint density at radius 2 is 2.10 bits per heavy atom. The minimum absolute atomic E-state index is 0.134. The number of phenols is 1. The minimum Gasteiger partial charge on any atom is -0.507 e. The summed E-state index contributed by atoms with van der Waals surface area (Å²) in [5, 5.41) is 10.5. The van der Waals surface area contributed by atoms with Gasteiger partial charge in [-0.1, -0.05) is 12.1 Å². The van der Waals surface area contributed by atoms with E-state index in [-0.39, 0.29) is 18.8 Å². The standard InChI is InChI=1S/C15H17F3N2O/c1-2-7-20(10-15(16,17)18)8-6-11-9-19-12-4-3-5-13(21)14(11)12/h2-5,9,19,21H,1,6-8,10H2. The Bertz CT molecular complexity index is 619. The average Bonchev–Trinajstić information content (AvgIpc) is 2.79. The molecule has 3 nitrogen and oxygen atoms in total. The molecule has 2 aromatic rings. The number of rotatable bonds is 6. The summed E-state index contributed by atoms with van der Waals surface area (Å²) in [4.78, 5) is 4.30. The number of aromatic hydroxyl groups is 1. The van der Waals surface area contributed by atoms with E-state index in [9.17, 15) is 18.3 Å². The first-order valence-corrected chi connectivity index (χ1v) is 6.58. The molecule has 1 aromatic carbocycles. The van der Waals surface area contributed by atoms with Gasteiger partial charge in [0.2, 0.25) is 0 Å². The number of halogens is 3. The van der Waals surface area contributed by atoms with Crippen LogP contribution in [0.2, 0.25) is 0 Å². The van der Waals surface area contributed by atoms with E-state index in [1.54, 1.807) is 18.3 Å². The third-order valence-electron chi connectivity index (χ3n) is 3.25. The fraction of sp³-hybridized carbons (Fsp3) is 0.333. The predicted octanol–water partition coefficient (Wildman–Crippen LogP) is 3.47. The first-order chi connectivity index (χ1) is 9.90. The normalized spacial score (nSPS) is 12.2. The van der Waals surface area contributed by atoms with Crippen molar-refractivity contribution in [2.24, 2.45) is 0 Å². The van der Waals surface area contributed by atoms with Gasteiger partial charge in [-0.25, -0.2) is 0 Å². The van der Waals surface area contributed by atoms with Crippen molar-refractivity contribution in [1.29, 1.82) is 0 Å². The number of H-pyrrole nitrogens is 1. The van der Waals surface area contributed by atoms with Crippen molar-refractivity contribution >= 4 is 10.9 Å². The van der Waals surface area contributed by atoms with Crippen LogP contribution < -0.4 is 0 Å². The van der Waals surface area contributed by atoms with Crippen molar-refractivity contribution in [2.75, 3.05) is 19.6 Å². The Morgan fingerprint density at radius 3 is 2.76 bits per heavy atom. The molecule has 1 heterocycles. The van der Waals surface area contributed by atoms with E-state index in [4.69, 9.17) is 0 Å². The van der Waals surface area contributed by atoms with E-state index >= 15 is 0 Å². The molecule has 0 unspecified atom stereocenters. The number of benzene rings is 1. The number of phenolic OH excluding ortho intramolecular Hbond substituents is 1. The van der Waals surface area contributed by atoms with Crippen molar-refractivity contribution < 1.29 is 18.3 Å². The van der Waals surface area contributed by atoms with Gasteiger partial charge in [-0.15, -0.1) is 6.58 Å². The molecule has 0 atom stereocenters. The fourth-order valence-corrected chi connectivity index (χ4v) is 2.38. The maximum atomic E-state index is 12.5. The number of nitrogens with zero attached hydrogens (tertiary/aromatic N) is 1. The first kappa shape index (κ1) is 15.4. The average molecular weight is 298 g/mol. The number of aromatic nitrogens is 1. The molecule has 0 amide bonds. The third kappa shape index (κ3) is 4.01. The minimum atomic E-state index is -4.23. The number of aromatic amines is 1. The zero-order valence-electron chi connectivity index (χ0n) is 11.5. The lowest BCUT2D eigenvalue weighted by atomic mass is 10.1. The van der Waals surface area contributed by atoms with Crippen LogP contribution in [0.25, 0.3) is 10.9 Å². The van der Waals surface area contributed by atoms with E-state index in [0.29, 0.717) is 11.8 Å². The molecule has 0 bridgehead atoms. The Balaban J connectivity index is 2.10. The maximum Gasteiger partial charge on any atom is 0.401 e. The lowest BCUT2D eigenvalue weighted by Gasteiger charge is -2.21. The second-order valence-corrected chi connectivity index (χ2v) is 4.90. The highest BCUT2D eigenvalue weighted by atomic mass is 19.4. The van der Waals surface area contributed by atoms with Crippen LogP contribution in [0.15, 0.2) is 37.1 Å². The highest BCUT2D eigenvalue weighted by molar-refractivity contribution is 5.88. The lowest BCUT2D eigenvalue weighted by Crippen LogP contribution is -2.35. The summed E-state index contributed by atoms with van der Waals surface area (Å²) in [6, 6.07) is 5.10. The topological polar surface area (TPSA) is 39.3 Å². The van der Waals surface area contributed by atoms with Crippen LogP contribution in [0.1, 0.15) is 5.56 Å². The van der Waals surface area contributed by atoms with Gasteiger partial charge in [0.15, 0.2) is 0 Å². The fourth-order valence-electron chi connectivity index (χ4n) is 2.38. The molecule has 0 saturated heterocycles. The lowest BCUT2D eigenvalue weighted by molar-refractivity contribution is -0.144. The maximum absolute atomic E-state index is 12.5. The van der Waals surface area contributed by atoms with Crippen molar-refractivity contribution in [3.05, 3.63) is 42.6 Å². The molecule has 1 aromatic heterocycles. The molecule has 114 valence electrons. The van der Waals surface area contributed by atoms with E-state index in [2.05, 4.69) is 11.6 Å². The SMILES string of the molecule is C=CCN(CCc1c[nH]c2cccc(O)c12)CC(F)(F)F. The van der Waals surface area contributed by atoms with Gasteiger partial charge in [0.05, 0.1) is 6.54 Å². The summed E-state index contributed by atoms with van der Waals surface area (Å²) >= 11 is 0. The van der Waals surface area contributed by atoms with Crippen LogP contribution in [-0.2, 0) is 6.42 Å². The van der Waals surface area contributed by atoms with E-state index < -0.39 is 12.7 Å². The first-order valence-electron chi connectivity index (χ1n) is 6.58. The van der Waals surface area contributed by atoms with Crippen LogP contribution in [0, 0.1) is 0 Å². The second kappa shape index (κ2) is 6.22. The largest absolute Gasteiger partial charge is 0.507 e. The number of hydrogen-bond donors (Lipinski definition) is 2. The van der Waals surface area contributed by atoms with E-state index in [1.165, 1.54) is 11.0 Å². The molecule has 21 heavy (non-hydrogen) atoms. The monoisotopic (exact) mass is 298 g/mol.